The summed E-state index contributed by atoms with van der Waals surface area (Å²) in [5.41, 5.74) is 2.61. The number of hydrogen-bond donors (Lipinski definition) is 3. The third-order valence-corrected chi connectivity index (χ3v) is 9.16. The van der Waals surface area contributed by atoms with E-state index in [0.29, 0.717) is 18.5 Å². The minimum absolute atomic E-state index is 0.184. The van der Waals surface area contributed by atoms with Crippen LogP contribution in [0.25, 0.3) is 0 Å². The molecule has 3 aromatic rings. The molecule has 2 saturated heterocycles. The molecule has 0 atom stereocenters. The van der Waals surface area contributed by atoms with Crippen molar-refractivity contribution in [2.75, 3.05) is 31.5 Å². The highest BCUT2D eigenvalue weighted by atomic mass is 16.2. The number of nitrogens with one attached hydrogen (secondary N) is 3. The summed E-state index contributed by atoms with van der Waals surface area (Å²) in [7, 11) is 0. The number of imidazole rings is 2. The van der Waals surface area contributed by atoms with E-state index >= 15 is 0 Å². The van der Waals surface area contributed by atoms with Gasteiger partial charge in [0.2, 0.25) is 0 Å². The predicted octanol–water partition coefficient (Wildman–Crippen LogP) is 4.99. The number of nitrogens with zero attached hydrogens (tertiary/aromatic N) is 5. The maximum atomic E-state index is 13.1. The number of H-pyrrole nitrogens is 2. The molecule has 1 aliphatic carbocycles. The Morgan fingerprint density at radius 2 is 1.56 bits per heavy atom. The summed E-state index contributed by atoms with van der Waals surface area (Å²) in [5.74, 6) is 1.46. The number of carbonyl (C=O) groups excluding carboxylic acids is 1. The van der Waals surface area contributed by atoms with Crippen LogP contribution in [0.2, 0.25) is 0 Å². The summed E-state index contributed by atoms with van der Waals surface area (Å²) in [5, 5.41) is 3.05. The number of amides is 2. The molecular formula is C30H42N8O. The molecule has 3 N–H and O–H groups in total. The molecule has 39 heavy (non-hydrogen) atoms. The van der Waals surface area contributed by atoms with Gasteiger partial charge in [-0.05, 0) is 74.8 Å². The lowest BCUT2D eigenvalue weighted by atomic mass is 9.77. The highest BCUT2D eigenvalue weighted by molar-refractivity contribution is 5.89. The first-order valence-electron chi connectivity index (χ1n) is 14.7. The average Bonchev–Trinajstić information content (AvgIpc) is 3.75. The zero-order chi connectivity index (χ0) is 26.5. The molecule has 9 nitrogen and oxygen atoms in total. The molecule has 1 aromatic carbocycles. The van der Waals surface area contributed by atoms with Gasteiger partial charge in [-0.3, -0.25) is 4.90 Å². The first-order chi connectivity index (χ1) is 19.1. The largest absolute Gasteiger partial charge is 0.347 e. The van der Waals surface area contributed by atoms with Gasteiger partial charge in [-0.2, -0.15) is 0 Å². The second-order valence-electron chi connectivity index (χ2n) is 11.8. The standard InChI is InChI=1S/C30H42N8O/c39-29(38(21-27-31-13-14-32-27)22-28-33-15-16-34-28)35-25-8-6-24(7-9-25)20-36-17-10-30(23-36)11-18-37(19-12-30)26-4-2-1-3-5-26/h6-9,13-16,26H,1-5,10-12,17-23H2,(H,31,32)(H,33,34)(H,35,39). The normalized spacial score (nSPS) is 20.4. The number of benzene rings is 1. The highest BCUT2D eigenvalue weighted by Crippen LogP contribution is 2.42. The first kappa shape index (κ1) is 26.1. The Labute approximate surface area is 231 Å². The fraction of sp³-hybridized carbons (Fsp3) is 0.567. The van der Waals surface area contributed by atoms with E-state index in [-0.39, 0.29) is 6.03 Å². The summed E-state index contributed by atoms with van der Waals surface area (Å²) in [6.07, 6.45) is 18.1. The van der Waals surface area contributed by atoms with Gasteiger partial charge in [0.25, 0.3) is 0 Å². The van der Waals surface area contributed by atoms with Crippen molar-refractivity contribution in [1.82, 2.24) is 34.6 Å². The number of rotatable bonds is 8. The van der Waals surface area contributed by atoms with E-state index in [0.717, 1.165) is 29.9 Å². The Morgan fingerprint density at radius 3 is 2.18 bits per heavy atom. The van der Waals surface area contributed by atoms with Crippen molar-refractivity contribution in [2.24, 2.45) is 5.41 Å². The fourth-order valence-corrected chi connectivity index (χ4v) is 6.86. The number of aromatic amines is 2. The van der Waals surface area contributed by atoms with Gasteiger partial charge in [0.1, 0.15) is 11.6 Å². The summed E-state index contributed by atoms with van der Waals surface area (Å²) in [6.45, 7) is 6.72. The average molecular weight is 531 g/mol. The first-order valence-corrected chi connectivity index (χ1v) is 14.7. The number of carbonyl (C=O) groups is 1. The number of anilines is 1. The smallest absolute Gasteiger partial charge is 0.322 e. The van der Waals surface area contributed by atoms with Gasteiger partial charge in [-0.15, -0.1) is 0 Å². The third-order valence-electron chi connectivity index (χ3n) is 9.16. The topological polar surface area (TPSA) is 96.2 Å². The Balaban J connectivity index is 1.00. The summed E-state index contributed by atoms with van der Waals surface area (Å²) < 4.78 is 0. The van der Waals surface area contributed by atoms with Gasteiger partial charge in [0.05, 0.1) is 13.1 Å². The number of hydrogen-bond acceptors (Lipinski definition) is 5. The molecule has 9 heteroatoms. The minimum atomic E-state index is -0.184. The van der Waals surface area contributed by atoms with E-state index in [1.807, 2.05) is 12.1 Å². The maximum Gasteiger partial charge on any atom is 0.322 e. The van der Waals surface area contributed by atoms with E-state index < -0.39 is 0 Å². The SMILES string of the molecule is O=C(Nc1ccc(CN2CCC3(CCN(C4CCCCC4)CC3)C2)cc1)N(Cc1ncc[nH]1)Cc1ncc[nH]1. The molecule has 1 spiro atoms. The number of likely N-dealkylation sites (tertiary alicyclic amines) is 2. The molecule has 2 aromatic heterocycles. The van der Waals surface area contributed by atoms with Crippen LogP contribution >= 0.6 is 0 Å². The Morgan fingerprint density at radius 1 is 0.923 bits per heavy atom. The molecule has 1 saturated carbocycles. The van der Waals surface area contributed by atoms with Crippen LogP contribution in [0.1, 0.15) is 68.6 Å². The quantitative estimate of drug-likeness (QED) is 0.381. The Bertz CT molecular complexity index is 1130. The van der Waals surface area contributed by atoms with E-state index in [4.69, 9.17) is 0 Å². The maximum absolute atomic E-state index is 13.1. The van der Waals surface area contributed by atoms with Crippen LogP contribution in [0.5, 0.6) is 0 Å². The number of piperidine rings is 1. The fourth-order valence-electron chi connectivity index (χ4n) is 6.86. The predicted molar refractivity (Wildman–Crippen MR) is 152 cm³/mol. The number of aromatic nitrogens is 4. The van der Waals surface area contributed by atoms with Crippen molar-refractivity contribution >= 4 is 11.7 Å². The molecule has 2 amide bonds. The minimum Gasteiger partial charge on any atom is -0.347 e. The van der Waals surface area contributed by atoms with Crippen LogP contribution in [0.3, 0.4) is 0 Å². The van der Waals surface area contributed by atoms with Gasteiger partial charge in [-0.1, -0.05) is 31.4 Å². The molecule has 2 aliphatic heterocycles. The van der Waals surface area contributed by atoms with Crippen LogP contribution in [-0.4, -0.2) is 72.9 Å². The lowest BCUT2D eigenvalue weighted by Gasteiger charge is -2.43. The van der Waals surface area contributed by atoms with Crippen LogP contribution < -0.4 is 5.32 Å². The summed E-state index contributed by atoms with van der Waals surface area (Å²) in [6, 6.07) is 9.00. The second kappa shape index (κ2) is 11.9. The molecule has 6 rings (SSSR count). The van der Waals surface area contributed by atoms with Crippen molar-refractivity contribution in [1.29, 1.82) is 0 Å². The Kier molecular flexibility index (Phi) is 7.97. The Hall–Kier alpha value is -3.17. The van der Waals surface area contributed by atoms with Gasteiger partial charge >= 0.3 is 6.03 Å². The van der Waals surface area contributed by atoms with Crippen LogP contribution in [0, 0.1) is 5.41 Å². The van der Waals surface area contributed by atoms with Gasteiger partial charge in [0, 0.05) is 49.6 Å². The van der Waals surface area contributed by atoms with E-state index in [1.54, 1.807) is 29.7 Å². The van der Waals surface area contributed by atoms with E-state index in [2.05, 4.69) is 47.2 Å². The van der Waals surface area contributed by atoms with Crippen LogP contribution in [0.4, 0.5) is 10.5 Å². The van der Waals surface area contributed by atoms with Crippen molar-refractivity contribution in [3.8, 4) is 0 Å². The molecule has 4 heterocycles. The zero-order valence-corrected chi connectivity index (χ0v) is 22.9. The number of urea groups is 1. The van der Waals surface area contributed by atoms with Gasteiger partial charge in [0.15, 0.2) is 0 Å². The van der Waals surface area contributed by atoms with Crippen LogP contribution in [-0.2, 0) is 19.6 Å². The molecule has 3 fully saturated rings. The zero-order valence-electron chi connectivity index (χ0n) is 22.9. The van der Waals surface area contributed by atoms with Crippen molar-refractivity contribution in [3.63, 3.8) is 0 Å². The van der Waals surface area contributed by atoms with Crippen molar-refractivity contribution in [2.45, 2.75) is 77.0 Å². The van der Waals surface area contributed by atoms with Crippen molar-refractivity contribution in [3.05, 3.63) is 66.3 Å². The third kappa shape index (κ3) is 6.53. The van der Waals surface area contributed by atoms with E-state index in [1.165, 1.54) is 83.1 Å². The molecule has 0 bridgehead atoms. The lowest BCUT2D eigenvalue weighted by molar-refractivity contribution is 0.0615. The van der Waals surface area contributed by atoms with Gasteiger partial charge < -0.3 is 25.1 Å². The molecule has 208 valence electrons. The van der Waals surface area contributed by atoms with Gasteiger partial charge in [-0.25, -0.2) is 14.8 Å². The molecule has 0 unspecified atom stereocenters. The molecule has 0 radical (unpaired) electrons. The molecule has 3 aliphatic rings. The second-order valence-corrected chi connectivity index (χ2v) is 11.8. The highest BCUT2D eigenvalue weighted by Gasteiger charge is 2.41. The monoisotopic (exact) mass is 530 g/mol. The van der Waals surface area contributed by atoms with Crippen molar-refractivity contribution < 1.29 is 4.79 Å². The lowest BCUT2D eigenvalue weighted by Crippen LogP contribution is -2.46. The molecular weight excluding hydrogens is 488 g/mol. The summed E-state index contributed by atoms with van der Waals surface area (Å²) in [4.78, 5) is 35.0. The van der Waals surface area contributed by atoms with Crippen LogP contribution in [0.15, 0.2) is 49.1 Å². The summed E-state index contributed by atoms with van der Waals surface area (Å²) >= 11 is 0. The van der Waals surface area contributed by atoms with E-state index in [9.17, 15) is 4.79 Å².